The molecule has 2 N–H and O–H groups in total. The average molecular weight is 244 g/mol. The molecule has 2 heterocycles. The second-order valence-electron chi connectivity index (χ2n) is 4.23. The van der Waals surface area contributed by atoms with E-state index in [1.807, 2.05) is 4.90 Å². The summed E-state index contributed by atoms with van der Waals surface area (Å²) in [4.78, 5) is 23.6. The van der Waals surface area contributed by atoms with Gasteiger partial charge in [0, 0.05) is 19.1 Å². The topological polar surface area (TPSA) is 88.1 Å². The zero-order chi connectivity index (χ0) is 12.3. The summed E-state index contributed by atoms with van der Waals surface area (Å²) in [5.74, 6) is -0.841. The Balaban J connectivity index is 1.87. The minimum atomic E-state index is -0.841. The van der Waals surface area contributed by atoms with Crippen molar-refractivity contribution in [2.45, 2.75) is 18.6 Å². The molecule has 0 bridgehead atoms. The number of nitrogens with one attached hydrogen (secondary N) is 1. The number of aliphatic carboxylic acids is 1. The summed E-state index contributed by atoms with van der Waals surface area (Å²) in [5.41, 5.74) is 0. The molecule has 0 aromatic carbocycles. The Morgan fingerprint density at radius 1 is 1.59 bits per heavy atom. The monoisotopic (exact) mass is 244 g/mol. The van der Waals surface area contributed by atoms with Gasteiger partial charge in [-0.15, -0.1) is 0 Å². The number of carboxylic acids is 1. The van der Waals surface area contributed by atoms with E-state index in [0.717, 1.165) is 0 Å². The maximum atomic E-state index is 10.9. The van der Waals surface area contributed by atoms with Gasteiger partial charge in [-0.25, -0.2) is 4.79 Å². The highest BCUT2D eigenvalue weighted by molar-refractivity contribution is 5.69. The number of carboxylic acid groups (broad SMARTS) is 1. The molecule has 0 saturated carbocycles. The van der Waals surface area contributed by atoms with Crippen LogP contribution in [-0.2, 0) is 14.3 Å². The van der Waals surface area contributed by atoms with Gasteiger partial charge < -0.3 is 19.9 Å². The molecule has 0 aromatic heterocycles. The lowest BCUT2D eigenvalue weighted by Gasteiger charge is -2.35. The average Bonchev–Trinajstić information content (AvgIpc) is 2.66. The zero-order valence-corrected chi connectivity index (χ0v) is 9.42. The highest BCUT2D eigenvalue weighted by atomic mass is 16.6. The fraction of sp³-hybridized carbons (Fsp3) is 0.800. The van der Waals surface area contributed by atoms with Gasteiger partial charge in [0.05, 0.1) is 26.2 Å². The third-order valence-electron chi connectivity index (χ3n) is 2.95. The molecule has 2 aliphatic heterocycles. The third kappa shape index (κ3) is 3.31. The highest BCUT2D eigenvalue weighted by Gasteiger charge is 2.30. The molecular formula is C10H16N2O5. The van der Waals surface area contributed by atoms with E-state index in [0.29, 0.717) is 32.8 Å². The lowest BCUT2D eigenvalue weighted by Crippen LogP contribution is -2.49. The predicted octanol–water partition coefficient (Wildman–Crippen LogP) is -0.730. The summed E-state index contributed by atoms with van der Waals surface area (Å²) in [5, 5.41) is 11.4. The van der Waals surface area contributed by atoms with Gasteiger partial charge in [0.15, 0.2) is 0 Å². The van der Waals surface area contributed by atoms with Crippen LogP contribution in [0, 0.1) is 0 Å². The standard InChI is InChI=1S/C10H16N2O5/c13-9(14)3-7-6-16-2-1-12(7)5-8-4-11-10(15)17-8/h7-8H,1-6H2,(H,11,15)(H,13,14). The van der Waals surface area contributed by atoms with Crippen molar-refractivity contribution in [2.75, 3.05) is 32.8 Å². The maximum absolute atomic E-state index is 10.9. The van der Waals surface area contributed by atoms with Crippen molar-refractivity contribution in [3.05, 3.63) is 0 Å². The minimum Gasteiger partial charge on any atom is -0.481 e. The molecule has 2 saturated heterocycles. The Bertz CT molecular complexity index is 309. The Hall–Kier alpha value is -1.34. The normalized spacial score (nSPS) is 29.8. The number of nitrogens with zero attached hydrogens (tertiary/aromatic N) is 1. The fourth-order valence-electron chi connectivity index (χ4n) is 2.11. The molecule has 0 radical (unpaired) electrons. The van der Waals surface area contributed by atoms with Gasteiger partial charge in [0.25, 0.3) is 0 Å². The molecule has 0 aromatic rings. The number of rotatable bonds is 4. The van der Waals surface area contributed by atoms with Crippen LogP contribution in [0.3, 0.4) is 0 Å². The Morgan fingerprint density at radius 3 is 3.06 bits per heavy atom. The molecule has 7 heteroatoms. The number of ether oxygens (including phenoxy) is 2. The summed E-state index contributed by atoms with van der Waals surface area (Å²) < 4.78 is 10.3. The quantitative estimate of drug-likeness (QED) is 0.678. The van der Waals surface area contributed by atoms with E-state index in [1.165, 1.54) is 0 Å². The lowest BCUT2D eigenvalue weighted by molar-refractivity contribution is -0.140. The first kappa shape index (κ1) is 12.1. The van der Waals surface area contributed by atoms with E-state index in [9.17, 15) is 9.59 Å². The van der Waals surface area contributed by atoms with Crippen LogP contribution in [0.1, 0.15) is 6.42 Å². The minimum absolute atomic E-state index is 0.0497. The first-order chi connectivity index (χ1) is 8.15. The number of cyclic esters (lactones) is 1. The van der Waals surface area contributed by atoms with Crippen molar-refractivity contribution in [1.82, 2.24) is 10.2 Å². The number of carbonyl (C=O) groups is 2. The van der Waals surface area contributed by atoms with Gasteiger partial charge in [0.1, 0.15) is 6.10 Å². The molecule has 17 heavy (non-hydrogen) atoms. The molecule has 2 rings (SSSR count). The van der Waals surface area contributed by atoms with Crippen LogP contribution in [-0.4, -0.2) is 67.1 Å². The summed E-state index contributed by atoms with van der Waals surface area (Å²) in [6.07, 6.45) is -0.552. The maximum Gasteiger partial charge on any atom is 0.407 e. The van der Waals surface area contributed by atoms with E-state index in [4.69, 9.17) is 14.6 Å². The second-order valence-corrected chi connectivity index (χ2v) is 4.23. The molecular weight excluding hydrogens is 228 g/mol. The van der Waals surface area contributed by atoms with E-state index in [2.05, 4.69) is 5.32 Å². The predicted molar refractivity (Wildman–Crippen MR) is 56.7 cm³/mol. The second kappa shape index (κ2) is 5.33. The molecule has 1 amide bonds. The largest absolute Gasteiger partial charge is 0.481 e. The molecule has 0 aliphatic carbocycles. The smallest absolute Gasteiger partial charge is 0.407 e. The van der Waals surface area contributed by atoms with Crippen molar-refractivity contribution < 1.29 is 24.2 Å². The molecule has 0 spiro atoms. The first-order valence-corrected chi connectivity index (χ1v) is 5.63. The summed E-state index contributed by atoms with van der Waals surface area (Å²) in [7, 11) is 0. The van der Waals surface area contributed by atoms with Crippen LogP contribution in [0.25, 0.3) is 0 Å². The SMILES string of the molecule is O=C(O)CC1COCCN1CC1CNC(=O)O1. The Labute approximate surface area is 98.7 Å². The highest BCUT2D eigenvalue weighted by Crippen LogP contribution is 2.13. The molecule has 96 valence electrons. The Kier molecular flexibility index (Phi) is 3.80. The van der Waals surface area contributed by atoms with Gasteiger partial charge in [-0.3, -0.25) is 9.69 Å². The molecule has 2 unspecified atom stereocenters. The van der Waals surface area contributed by atoms with Gasteiger partial charge in [-0.2, -0.15) is 0 Å². The van der Waals surface area contributed by atoms with Crippen molar-refractivity contribution in [2.24, 2.45) is 0 Å². The molecule has 2 aliphatic rings. The molecule has 2 atom stereocenters. The number of hydrogen-bond acceptors (Lipinski definition) is 5. The number of morpholine rings is 1. The fourth-order valence-corrected chi connectivity index (χ4v) is 2.11. The summed E-state index contributed by atoms with van der Waals surface area (Å²) in [6, 6.07) is -0.138. The van der Waals surface area contributed by atoms with E-state index in [1.54, 1.807) is 0 Å². The van der Waals surface area contributed by atoms with Gasteiger partial charge >= 0.3 is 12.1 Å². The van der Waals surface area contributed by atoms with E-state index >= 15 is 0 Å². The number of alkyl carbamates (subject to hydrolysis) is 1. The van der Waals surface area contributed by atoms with Crippen LogP contribution < -0.4 is 5.32 Å². The first-order valence-electron chi connectivity index (χ1n) is 5.63. The van der Waals surface area contributed by atoms with Gasteiger partial charge in [0.2, 0.25) is 0 Å². The van der Waals surface area contributed by atoms with Crippen molar-refractivity contribution in [3.63, 3.8) is 0 Å². The summed E-state index contributed by atoms with van der Waals surface area (Å²) in [6.45, 7) is 2.71. The van der Waals surface area contributed by atoms with Crippen molar-refractivity contribution in [3.8, 4) is 0 Å². The zero-order valence-electron chi connectivity index (χ0n) is 9.42. The van der Waals surface area contributed by atoms with E-state index in [-0.39, 0.29) is 18.6 Å². The van der Waals surface area contributed by atoms with Crippen LogP contribution in [0.15, 0.2) is 0 Å². The number of carbonyl (C=O) groups excluding carboxylic acids is 1. The van der Waals surface area contributed by atoms with Crippen LogP contribution in [0.5, 0.6) is 0 Å². The van der Waals surface area contributed by atoms with Gasteiger partial charge in [-0.05, 0) is 0 Å². The van der Waals surface area contributed by atoms with Gasteiger partial charge in [-0.1, -0.05) is 0 Å². The van der Waals surface area contributed by atoms with Crippen LogP contribution in [0.2, 0.25) is 0 Å². The number of hydrogen-bond donors (Lipinski definition) is 2. The van der Waals surface area contributed by atoms with Crippen LogP contribution >= 0.6 is 0 Å². The van der Waals surface area contributed by atoms with Crippen molar-refractivity contribution in [1.29, 1.82) is 0 Å². The van der Waals surface area contributed by atoms with E-state index < -0.39 is 12.1 Å². The van der Waals surface area contributed by atoms with Crippen molar-refractivity contribution >= 4 is 12.1 Å². The number of amides is 1. The lowest BCUT2D eigenvalue weighted by atomic mass is 10.1. The molecule has 7 nitrogen and oxygen atoms in total. The van der Waals surface area contributed by atoms with Crippen LogP contribution in [0.4, 0.5) is 4.79 Å². The molecule has 2 fully saturated rings. The Morgan fingerprint density at radius 2 is 2.41 bits per heavy atom. The third-order valence-corrected chi connectivity index (χ3v) is 2.95. The summed E-state index contributed by atoms with van der Waals surface area (Å²) >= 11 is 0.